The van der Waals surface area contributed by atoms with Gasteiger partial charge in [0.2, 0.25) is 5.13 Å². The summed E-state index contributed by atoms with van der Waals surface area (Å²) in [4.78, 5) is 5.16. The Morgan fingerprint density at radius 2 is 1.82 bits per heavy atom. The van der Waals surface area contributed by atoms with Crippen LogP contribution >= 0.6 is 23.1 Å². The molecule has 0 bridgehead atoms. The lowest BCUT2D eigenvalue weighted by molar-refractivity contribution is 0.224. The lowest BCUT2D eigenvalue weighted by atomic mass is 9.89. The Morgan fingerprint density at radius 3 is 2.53 bits per heavy atom. The molecule has 1 saturated heterocycles. The summed E-state index contributed by atoms with van der Waals surface area (Å²) in [6, 6.07) is 19.1. The first-order valence-corrected chi connectivity index (χ1v) is 14.3. The molecule has 1 aromatic heterocycles. The normalized spacial score (nSPS) is 18.0. The molecule has 2 unspecified atom stereocenters. The van der Waals surface area contributed by atoms with Crippen LogP contribution in [0.1, 0.15) is 17.0 Å². The molecule has 3 aromatic carbocycles. The Balaban J connectivity index is 1.33. The zero-order valence-electron chi connectivity index (χ0n) is 19.9. The van der Waals surface area contributed by atoms with Gasteiger partial charge in [-0.25, -0.2) is 22.2 Å². The van der Waals surface area contributed by atoms with E-state index in [1.165, 1.54) is 5.56 Å². The van der Waals surface area contributed by atoms with Gasteiger partial charge in [0.25, 0.3) is 10.0 Å². The SMILES string of the molecule is O=S(=O)(Nc1ncns1)c1cc(F)c(OCC2CN(Cc3ccccc3)CC2c2ccc(Cl)cc2)cc1F. The molecule has 12 heteroatoms. The number of benzene rings is 3. The van der Waals surface area contributed by atoms with Gasteiger partial charge in [-0.05, 0) is 23.3 Å². The molecule has 5 rings (SSSR count). The number of nitrogens with zero attached hydrogens (tertiary/aromatic N) is 3. The van der Waals surface area contributed by atoms with Gasteiger partial charge in [0.1, 0.15) is 17.0 Å². The highest BCUT2D eigenvalue weighted by Gasteiger charge is 2.35. The molecule has 0 saturated carbocycles. The second kappa shape index (κ2) is 11.3. The van der Waals surface area contributed by atoms with Crippen molar-refractivity contribution in [2.75, 3.05) is 24.4 Å². The van der Waals surface area contributed by atoms with Crippen molar-refractivity contribution in [3.63, 3.8) is 0 Å². The van der Waals surface area contributed by atoms with Gasteiger partial charge in [-0.3, -0.25) is 9.62 Å². The first kappa shape index (κ1) is 26.5. The van der Waals surface area contributed by atoms with E-state index in [4.69, 9.17) is 16.3 Å². The van der Waals surface area contributed by atoms with E-state index in [1.807, 2.05) is 42.5 Å². The lowest BCUT2D eigenvalue weighted by Crippen LogP contribution is -2.22. The minimum Gasteiger partial charge on any atom is -0.490 e. The van der Waals surface area contributed by atoms with Crippen molar-refractivity contribution in [1.82, 2.24) is 14.3 Å². The van der Waals surface area contributed by atoms with Crippen LogP contribution in [0.3, 0.4) is 0 Å². The Kier molecular flexibility index (Phi) is 7.89. The smallest absolute Gasteiger partial charge is 0.266 e. The van der Waals surface area contributed by atoms with Gasteiger partial charge >= 0.3 is 0 Å². The molecular weight excluding hydrogens is 554 g/mol. The van der Waals surface area contributed by atoms with Gasteiger partial charge < -0.3 is 4.74 Å². The summed E-state index contributed by atoms with van der Waals surface area (Å²) in [6.45, 7) is 2.31. The number of nitrogens with one attached hydrogen (secondary N) is 1. The Hall–Kier alpha value is -3.12. The molecule has 0 amide bonds. The summed E-state index contributed by atoms with van der Waals surface area (Å²) < 4.78 is 66.3. The van der Waals surface area contributed by atoms with Crippen LogP contribution in [-0.4, -0.2) is 42.4 Å². The first-order valence-electron chi connectivity index (χ1n) is 11.7. The van der Waals surface area contributed by atoms with E-state index in [-0.39, 0.29) is 29.3 Å². The van der Waals surface area contributed by atoms with Gasteiger partial charge in [0.05, 0.1) is 6.61 Å². The molecule has 1 aliphatic rings. The van der Waals surface area contributed by atoms with Crippen LogP contribution in [0, 0.1) is 17.6 Å². The molecule has 2 atom stereocenters. The maximum Gasteiger partial charge on any atom is 0.266 e. The molecule has 0 spiro atoms. The van der Waals surface area contributed by atoms with Gasteiger partial charge in [-0.2, -0.15) is 4.37 Å². The fourth-order valence-corrected chi connectivity index (χ4v) is 6.46. The van der Waals surface area contributed by atoms with Crippen LogP contribution in [0.5, 0.6) is 5.75 Å². The summed E-state index contributed by atoms with van der Waals surface area (Å²) in [5.74, 6) is -2.41. The van der Waals surface area contributed by atoms with Crippen molar-refractivity contribution in [1.29, 1.82) is 0 Å². The molecule has 198 valence electrons. The van der Waals surface area contributed by atoms with E-state index < -0.39 is 26.6 Å². The van der Waals surface area contributed by atoms with Crippen molar-refractivity contribution in [3.05, 3.63) is 101 Å². The maximum absolute atomic E-state index is 14.9. The summed E-state index contributed by atoms with van der Waals surface area (Å²) in [5.41, 5.74) is 2.25. The average Bonchev–Trinajstić information content (AvgIpc) is 3.55. The molecular formula is C26H23ClF2N4O3S2. The van der Waals surface area contributed by atoms with Gasteiger partial charge in [0.15, 0.2) is 11.6 Å². The second-order valence-electron chi connectivity index (χ2n) is 8.97. The van der Waals surface area contributed by atoms with Crippen LogP contribution in [0.15, 0.2) is 78.0 Å². The van der Waals surface area contributed by atoms with Crippen LogP contribution < -0.4 is 9.46 Å². The zero-order chi connectivity index (χ0) is 26.7. The molecule has 1 N–H and O–H groups in total. The third-order valence-corrected chi connectivity index (χ3v) is 8.69. The molecule has 2 heterocycles. The number of anilines is 1. The van der Waals surface area contributed by atoms with Crippen molar-refractivity contribution in [2.45, 2.75) is 17.4 Å². The summed E-state index contributed by atoms with van der Waals surface area (Å²) >= 11 is 6.86. The fourth-order valence-electron chi connectivity index (χ4n) is 4.60. The fraction of sp³-hybridized carbons (Fsp3) is 0.231. The molecule has 0 aliphatic carbocycles. The maximum atomic E-state index is 14.9. The number of aromatic nitrogens is 2. The monoisotopic (exact) mass is 576 g/mol. The minimum atomic E-state index is -4.40. The Labute approximate surface area is 228 Å². The number of rotatable bonds is 9. The summed E-state index contributed by atoms with van der Waals surface area (Å²) in [5, 5.41) is 0.577. The molecule has 7 nitrogen and oxygen atoms in total. The zero-order valence-corrected chi connectivity index (χ0v) is 22.3. The number of sulfonamides is 1. The summed E-state index contributed by atoms with van der Waals surface area (Å²) in [6.07, 6.45) is 1.15. The van der Waals surface area contributed by atoms with Crippen molar-refractivity contribution >= 4 is 38.3 Å². The lowest BCUT2D eigenvalue weighted by Gasteiger charge is -2.20. The van der Waals surface area contributed by atoms with Crippen molar-refractivity contribution in [3.8, 4) is 5.75 Å². The number of halogens is 3. The molecule has 4 aromatic rings. The van der Waals surface area contributed by atoms with Crippen molar-refractivity contribution < 1.29 is 21.9 Å². The van der Waals surface area contributed by atoms with E-state index in [0.29, 0.717) is 17.6 Å². The topological polar surface area (TPSA) is 84.4 Å². The highest BCUT2D eigenvalue weighted by atomic mass is 35.5. The minimum absolute atomic E-state index is 0.0233. The predicted molar refractivity (Wildman–Crippen MR) is 142 cm³/mol. The Morgan fingerprint density at radius 1 is 1.05 bits per heavy atom. The van der Waals surface area contributed by atoms with Gasteiger partial charge in [0, 0.05) is 60.2 Å². The Bertz CT molecular complexity index is 1490. The first-order chi connectivity index (χ1) is 18.3. The van der Waals surface area contributed by atoms with E-state index in [1.54, 1.807) is 0 Å². The van der Waals surface area contributed by atoms with Crippen molar-refractivity contribution in [2.24, 2.45) is 5.92 Å². The third-order valence-electron chi connectivity index (χ3n) is 6.38. The van der Waals surface area contributed by atoms with E-state index in [0.717, 1.165) is 42.6 Å². The van der Waals surface area contributed by atoms with E-state index in [9.17, 15) is 17.2 Å². The largest absolute Gasteiger partial charge is 0.490 e. The van der Waals surface area contributed by atoms with E-state index in [2.05, 4.69) is 31.1 Å². The van der Waals surface area contributed by atoms with Crippen LogP contribution in [0.4, 0.5) is 13.9 Å². The number of hydrogen-bond donors (Lipinski definition) is 1. The second-order valence-corrected chi connectivity index (χ2v) is 11.8. The van der Waals surface area contributed by atoms with E-state index >= 15 is 0 Å². The molecule has 1 fully saturated rings. The summed E-state index contributed by atoms with van der Waals surface area (Å²) in [7, 11) is -4.40. The highest BCUT2D eigenvalue weighted by molar-refractivity contribution is 7.93. The van der Waals surface area contributed by atoms with Crippen LogP contribution in [-0.2, 0) is 16.6 Å². The van der Waals surface area contributed by atoms with Crippen LogP contribution in [0.2, 0.25) is 5.02 Å². The molecule has 1 aliphatic heterocycles. The number of likely N-dealkylation sites (tertiary alicyclic amines) is 1. The third kappa shape index (κ3) is 6.12. The highest BCUT2D eigenvalue weighted by Crippen LogP contribution is 2.35. The standard InChI is InChI=1S/C26H23ClF2N4O3S2/c27-20-8-6-18(7-9-20)21-14-33(12-17-4-2-1-3-5-17)13-19(21)15-36-24-10-23(29)25(11-22(24)28)38(34,35)32-26-30-16-31-37-26/h1-11,16,19,21H,12-15H2,(H,30,31,32). The number of hydrogen-bond acceptors (Lipinski definition) is 7. The van der Waals surface area contributed by atoms with Crippen LogP contribution in [0.25, 0.3) is 0 Å². The van der Waals surface area contributed by atoms with Gasteiger partial charge in [-0.15, -0.1) is 0 Å². The average molecular weight is 577 g/mol. The predicted octanol–water partition coefficient (Wildman–Crippen LogP) is 5.57. The molecule has 0 radical (unpaired) electrons. The quantitative estimate of drug-likeness (QED) is 0.281. The number of ether oxygens (including phenoxy) is 1. The van der Waals surface area contributed by atoms with Gasteiger partial charge in [-0.1, -0.05) is 54.1 Å². The molecule has 38 heavy (non-hydrogen) atoms.